The first-order valence-corrected chi connectivity index (χ1v) is 15.2. The summed E-state index contributed by atoms with van der Waals surface area (Å²) >= 11 is 0. The summed E-state index contributed by atoms with van der Waals surface area (Å²) in [4.78, 5) is 8.77. The molecule has 0 saturated carbocycles. The number of pyridine rings is 1. The molecule has 206 valence electrons. The van der Waals surface area contributed by atoms with Gasteiger partial charge in [-0.15, -0.1) is 0 Å². The topological polar surface area (TPSA) is 21.7 Å². The molecule has 0 aliphatic carbocycles. The second kappa shape index (κ2) is 8.89. The highest BCUT2D eigenvalue weighted by molar-refractivity contribution is 6.25. The Kier molecular flexibility index (Phi) is 4.79. The van der Waals surface area contributed by atoms with Gasteiger partial charge < -0.3 is 0 Å². The minimum Gasteiger partial charge on any atom is -0.293 e. The Morgan fingerprint density at radius 3 is 2.02 bits per heavy atom. The molecule has 3 heteroatoms. The van der Waals surface area contributed by atoms with Gasteiger partial charge in [-0.05, 0) is 90.3 Å². The Bertz CT molecular complexity index is 2850. The molecule has 0 atom stereocenters. The van der Waals surface area contributed by atoms with E-state index in [0.717, 1.165) is 49.5 Å². The van der Waals surface area contributed by atoms with Crippen LogP contribution in [0.25, 0.3) is 97.8 Å². The molecule has 2 heterocycles. The summed E-state index contributed by atoms with van der Waals surface area (Å²) in [6.45, 7) is 7.64. The molecule has 45 heavy (non-hydrogen) atoms. The summed E-state index contributed by atoms with van der Waals surface area (Å²) in [7, 11) is 0. The van der Waals surface area contributed by atoms with Crippen LogP contribution >= 0.6 is 0 Å². The lowest BCUT2D eigenvalue weighted by atomic mass is 9.89. The van der Waals surface area contributed by atoms with Gasteiger partial charge >= 0.3 is 0 Å². The van der Waals surface area contributed by atoms with E-state index in [1.807, 2.05) is 24.3 Å². The van der Waals surface area contributed by atoms with E-state index in [4.69, 9.17) is 11.6 Å². The Morgan fingerprint density at radius 2 is 1.18 bits per heavy atom. The van der Waals surface area contributed by atoms with Crippen LogP contribution in [0.5, 0.6) is 0 Å². The van der Waals surface area contributed by atoms with Gasteiger partial charge in [0.15, 0.2) is 5.69 Å². The zero-order valence-corrected chi connectivity index (χ0v) is 24.1. The first-order chi connectivity index (χ1) is 22.2. The van der Waals surface area contributed by atoms with Crippen LogP contribution in [0.4, 0.5) is 5.69 Å². The molecule has 0 bridgehead atoms. The van der Waals surface area contributed by atoms with Gasteiger partial charge in [0.25, 0.3) is 0 Å². The molecule has 2 aromatic heterocycles. The lowest BCUT2D eigenvalue weighted by Crippen LogP contribution is -1.92. The van der Waals surface area contributed by atoms with E-state index < -0.39 is 0 Å². The number of rotatable bonds is 2. The second-order valence-electron chi connectivity index (χ2n) is 11.9. The molecule has 10 rings (SSSR count). The van der Waals surface area contributed by atoms with Gasteiger partial charge in [0.05, 0.1) is 17.6 Å². The van der Waals surface area contributed by atoms with E-state index in [-0.39, 0.29) is 0 Å². The number of para-hydroxylation sites is 2. The lowest BCUT2D eigenvalue weighted by Gasteiger charge is -2.14. The van der Waals surface area contributed by atoms with Crippen LogP contribution in [0.15, 0.2) is 140 Å². The zero-order valence-electron chi connectivity index (χ0n) is 24.1. The van der Waals surface area contributed by atoms with Crippen LogP contribution in [-0.2, 0) is 0 Å². The third kappa shape index (κ3) is 3.37. The number of fused-ring (bicyclic) bond motifs is 8. The highest BCUT2D eigenvalue weighted by Gasteiger charge is 2.16. The predicted molar refractivity (Wildman–Crippen MR) is 189 cm³/mol. The van der Waals surface area contributed by atoms with Crippen molar-refractivity contribution in [3.05, 3.63) is 151 Å². The second-order valence-corrected chi connectivity index (χ2v) is 11.9. The van der Waals surface area contributed by atoms with Crippen LogP contribution in [0.3, 0.4) is 0 Å². The zero-order chi connectivity index (χ0) is 29.6. The largest absolute Gasteiger partial charge is 0.293 e. The molecule has 3 nitrogen and oxygen atoms in total. The first-order valence-electron chi connectivity index (χ1n) is 15.2. The minimum atomic E-state index is 0.625. The van der Waals surface area contributed by atoms with Gasteiger partial charge in [-0.25, -0.2) is 9.83 Å². The summed E-state index contributed by atoms with van der Waals surface area (Å²) in [6.07, 6.45) is 0. The monoisotopic (exact) mass is 569 g/mol. The van der Waals surface area contributed by atoms with Crippen molar-refractivity contribution in [2.75, 3.05) is 0 Å². The smallest absolute Gasteiger partial charge is 0.189 e. The average Bonchev–Trinajstić information content (AvgIpc) is 3.50. The van der Waals surface area contributed by atoms with Crippen LogP contribution in [0, 0.1) is 6.57 Å². The summed E-state index contributed by atoms with van der Waals surface area (Å²) in [5.41, 5.74) is 9.32. The standard InChI is InChI=1S/C42H23N3/c1-43-31-18-22-33-36-23-30(17-21-35(36)42-44-37-7-2-3-8-38(37)45(42)39(33)24-31)25-9-11-26(12-10-25)32-19-15-29-14-13-27-5-4-6-28-16-20-34(32)41(29)40(27)28/h2-24H. The van der Waals surface area contributed by atoms with Crippen LogP contribution in [0.2, 0.25) is 0 Å². The van der Waals surface area contributed by atoms with Crippen molar-refractivity contribution in [2.24, 2.45) is 0 Å². The maximum atomic E-state index is 7.64. The van der Waals surface area contributed by atoms with Crippen molar-refractivity contribution >= 4 is 76.4 Å². The predicted octanol–water partition coefficient (Wildman–Crippen LogP) is 11.6. The number of imidazole rings is 1. The molecule has 0 unspecified atom stereocenters. The van der Waals surface area contributed by atoms with Gasteiger partial charge in [0.1, 0.15) is 5.65 Å². The molecule has 0 spiro atoms. The fourth-order valence-corrected chi connectivity index (χ4v) is 7.42. The van der Waals surface area contributed by atoms with Crippen molar-refractivity contribution in [1.29, 1.82) is 0 Å². The Morgan fingerprint density at radius 1 is 0.489 bits per heavy atom. The third-order valence-electron chi connectivity index (χ3n) is 9.52. The molecule has 0 amide bonds. The SMILES string of the molecule is [C-]#[N+]c1ccc2c3cc(-c4ccc(-c5ccc6ccc7cccc8ccc5c6c78)cc4)ccc3c3nc4ccccc4n3c2c1. The Labute approximate surface area is 258 Å². The van der Waals surface area contributed by atoms with Gasteiger partial charge in [-0.3, -0.25) is 4.40 Å². The van der Waals surface area contributed by atoms with Crippen LogP contribution in [0.1, 0.15) is 0 Å². The van der Waals surface area contributed by atoms with Gasteiger partial charge in [-0.2, -0.15) is 0 Å². The van der Waals surface area contributed by atoms with Crippen molar-refractivity contribution in [3.63, 3.8) is 0 Å². The molecule has 0 radical (unpaired) electrons. The minimum absolute atomic E-state index is 0.625. The fraction of sp³-hybridized carbons (Fsp3) is 0. The van der Waals surface area contributed by atoms with Crippen LogP contribution < -0.4 is 0 Å². The summed E-state index contributed by atoms with van der Waals surface area (Å²) in [5, 5.41) is 11.2. The summed E-state index contributed by atoms with van der Waals surface area (Å²) in [6, 6.07) is 49.9. The van der Waals surface area contributed by atoms with Crippen molar-refractivity contribution in [3.8, 4) is 22.3 Å². The fourth-order valence-electron chi connectivity index (χ4n) is 7.42. The molecular weight excluding hydrogens is 546 g/mol. The maximum Gasteiger partial charge on any atom is 0.189 e. The number of hydrogen-bond acceptors (Lipinski definition) is 1. The average molecular weight is 570 g/mol. The van der Waals surface area contributed by atoms with Crippen molar-refractivity contribution in [2.45, 2.75) is 0 Å². The van der Waals surface area contributed by atoms with E-state index in [9.17, 15) is 0 Å². The molecule has 8 aromatic carbocycles. The highest BCUT2D eigenvalue weighted by atomic mass is 15.0. The number of hydrogen-bond donors (Lipinski definition) is 0. The maximum absolute atomic E-state index is 7.64. The van der Waals surface area contributed by atoms with Gasteiger partial charge in [0.2, 0.25) is 0 Å². The van der Waals surface area contributed by atoms with Crippen LogP contribution in [-0.4, -0.2) is 9.38 Å². The number of benzene rings is 8. The van der Waals surface area contributed by atoms with E-state index in [2.05, 4.69) is 125 Å². The highest BCUT2D eigenvalue weighted by Crippen LogP contribution is 2.40. The van der Waals surface area contributed by atoms with E-state index in [1.54, 1.807) is 0 Å². The third-order valence-corrected chi connectivity index (χ3v) is 9.52. The molecule has 10 aromatic rings. The summed E-state index contributed by atoms with van der Waals surface area (Å²) in [5.74, 6) is 0. The van der Waals surface area contributed by atoms with Crippen molar-refractivity contribution < 1.29 is 0 Å². The van der Waals surface area contributed by atoms with E-state index in [0.29, 0.717) is 5.69 Å². The van der Waals surface area contributed by atoms with Crippen molar-refractivity contribution in [1.82, 2.24) is 9.38 Å². The molecule has 0 saturated heterocycles. The van der Waals surface area contributed by atoms with Gasteiger partial charge in [-0.1, -0.05) is 109 Å². The molecule has 0 fully saturated rings. The molecular formula is C42H23N3. The Balaban J connectivity index is 1.15. The molecule has 0 N–H and O–H groups in total. The quantitative estimate of drug-likeness (QED) is 0.150. The lowest BCUT2D eigenvalue weighted by molar-refractivity contribution is 1.32. The number of nitrogens with zero attached hydrogens (tertiary/aromatic N) is 3. The summed E-state index contributed by atoms with van der Waals surface area (Å²) < 4.78 is 2.20. The van der Waals surface area contributed by atoms with Gasteiger partial charge in [0, 0.05) is 16.3 Å². The molecule has 0 aliphatic rings. The Hall–Kier alpha value is -6.24. The normalized spacial score (nSPS) is 12.0. The number of aromatic nitrogens is 2. The van der Waals surface area contributed by atoms with E-state index in [1.165, 1.54) is 43.4 Å². The first kappa shape index (κ1) is 24.2. The molecule has 0 aliphatic heterocycles. The van der Waals surface area contributed by atoms with E-state index >= 15 is 0 Å².